The van der Waals surface area contributed by atoms with E-state index in [1.807, 2.05) is 0 Å². The minimum atomic E-state index is 0.605. The highest BCUT2D eigenvalue weighted by Crippen LogP contribution is 2.40. The second-order valence-electron chi connectivity index (χ2n) is 5.31. The predicted molar refractivity (Wildman–Crippen MR) is 58.8 cm³/mol. The molecule has 78 valence electrons. The highest BCUT2D eigenvalue weighted by atomic mass is 14.9. The largest absolute Gasteiger partial charge is 0.316 e. The second kappa shape index (κ2) is 4.45. The van der Waals surface area contributed by atoms with Crippen LogP contribution in [0, 0.1) is 17.3 Å². The van der Waals surface area contributed by atoms with Crippen LogP contribution in [-0.2, 0) is 0 Å². The average Bonchev–Trinajstić information content (AvgIpc) is 2.03. The second-order valence-corrected chi connectivity index (χ2v) is 5.31. The lowest BCUT2D eigenvalue weighted by Gasteiger charge is -2.43. The minimum Gasteiger partial charge on any atom is -0.316 e. The van der Waals surface area contributed by atoms with Gasteiger partial charge < -0.3 is 5.32 Å². The van der Waals surface area contributed by atoms with Gasteiger partial charge in [0.1, 0.15) is 0 Å². The summed E-state index contributed by atoms with van der Waals surface area (Å²) >= 11 is 0. The Morgan fingerprint density at radius 3 is 2.69 bits per heavy atom. The first kappa shape index (κ1) is 11.0. The maximum absolute atomic E-state index is 3.51. The normalized spacial score (nSPS) is 35.3. The molecule has 1 fully saturated rings. The Morgan fingerprint density at radius 1 is 1.46 bits per heavy atom. The maximum Gasteiger partial charge on any atom is -0.00154 e. The Hall–Kier alpha value is -0.0400. The van der Waals surface area contributed by atoms with Crippen molar-refractivity contribution in [2.45, 2.75) is 47.0 Å². The van der Waals surface area contributed by atoms with Crippen LogP contribution in [0.25, 0.3) is 0 Å². The summed E-state index contributed by atoms with van der Waals surface area (Å²) in [6.45, 7) is 12.0. The van der Waals surface area contributed by atoms with E-state index in [-0.39, 0.29) is 0 Å². The molecule has 0 saturated carbocycles. The number of piperidine rings is 1. The lowest BCUT2D eigenvalue weighted by atomic mass is 9.67. The van der Waals surface area contributed by atoms with Crippen LogP contribution < -0.4 is 5.32 Å². The van der Waals surface area contributed by atoms with Crippen molar-refractivity contribution in [1.29, 1.82) is 0 Å². The van der Waals surface area contributed by atoms with Crippen molar-refractivity contribution in [1.82, 2.24) is 5.32 Å². The van der Waals surface area contributed by atoms with Crippen LogP contribution in [0.5, 0.6) is 0 Å². The third-order valence-corrected chi connectivity index (χ3v) is 3.62. The lowest BCUT2D eigenvalue weighted by molar-refractivity contribution is 0.0975. The van der Waals surface area contributed by atoms with Crippen LogP contribution in [0.1, 0.15) is 47.0 Å². The highest BCUT2D eigenvalue weighted by Gasteiger charge is 2.35. The molecule has 13 heavy (non-hydrogen) atoms. The number of nitrogens with one attached hydrogen (secondary N) is 1. The van der Waals surface area contributed by atoms with Gasteiger partial charge >= 0.3 is 0 Å². The fraction of sp³-hybridized carbons (Fsp3) is 1.00. The Morgan fingerprint density at radius 2 is 2.15 bits per heavy atom. The van der Waals surface area contributed by atoms with Gasteiger partial charge in [-0.1, -0.05) is 34.1 Å². The van der Waals surface area contributed by atoms with Gasteiger partial charge in [0.25, 0.3) is 0 Å². The Balaban J connectivity index is 2.59. The average molecular weight is 183 g/mol. The summed E-state index contributed by atoms with van der Waals surface area (Å²) in [4.78, 5) is 0. The van der Waals surface area contributed by atoms with Crippen molar-refractivity contribution in [2.24, 2.45) is 17.3 Å². The molecule has 0 aromatic heterocycles. The van der Waals surface area contributed by atoms with Gasteiger partial charge in [0.15, 0.2) is 0 Å². The molecule has 1 aliphatic rings. The standard InChI is InChI=1S/C12H25N/c1-5-11-9-13-7-6-12(11,4)8-10(2)3/h10-11,13H,5-9H2,1-4H3. The van der Waals surface area contributed by atoms with E-state index in [1.165, 1.54) is 32.4 Å². The maximum atomic E-state index is 3.51. The molecule has 1 rings (SSSR count). The van der Waals surface area contributed by atoms with E-state index in [9.17, 15) is 0 Å². The zero-order valence-corrected chi connectivity index (χ0v) is 9.69. The summed E-state index contributed by atoms with van der Waals surface area (Å²) in [6, 6.07) is 0. The molecule has 1 nitrogen and oxygen atoms in total. The highest BCUT2D eigenvalue weighted by molar-refractivity contribution is 4.88. The molecule has 1 heteroatoms. The van der Waals surface area contributed by atoms with Gasteiger partial charge in [0.2, 0.25) is 0 Å². The first-order chi connectivity index (χ1) is 6.08. The van der Waals surface area contributed by atoms with Crippen LogP contribution in [0.2, 0.25) is 0 Å². The third-order valence-electron chi connectivity index (χ3n) is 3.62. The van der Waals surface area contributed by atoms with Gasteiger partial charge in [-0.15, -0.1) is 0 Å². The van der Waals surface area contributed by atoms with Crippen molar-refractivity contribution in [2.75, 3.05) is 13.1 Å². The van der Waals surface area contributed by atoms with Gasteiger partial charge in [-0.25, -0.2) is 0 Å². The van der Waals surface area contributed by atoms with E-state index in [2.05, 4.69) is 33.0 Å². The Labute approximate surface area is 83.3 Å². The molecular formula is C12H25N. The van der Waals surface area contributed by atoms with Crippen molar-refractivity contribution >= 4 is 0 Å². The van der Waals surface area contributed by atoms with E-state index in [1.54, 1.807) is 0 Å². The predicted octanol–water partition coefficient (Wildman–Crippen LogP) is 3.06. The van der Waals surface area contributed by atoms with E-state index >= 15 is 0 Å². The van der Waals surface area contributed by atoms with Crippen molar-refractivity contribution in [3.63, 3.8) is 0 Å². The van der Waals surface area contributed by atoms with E-state index < -0.39 is 0 Å². The van der Waals surface area contributed by atoms with Crippen LogP contribution in [0.3, 0.4) is 0 Å². The fourth-order valence-corrected chi connectivity index (χ4v) is 2.94. The molecule has 2 unspecified atom stereocenters. The molecule has 0 radical (unpaired) electrons. The topological polar surface area (TPSA) is 12.0 Å². The molecule has 0 aliphatic carbocycles. The summed E-state index contributed by atoms with van der Waals surface area (Å²) in [7, 11) is 0. The molecule has 0 aromatic rings. The van der Waals surface area contributed by atoms with E-state index in [4.69, 9.17) is 0 Å². The van der Waals surface area contributed by atoms with Gasteiger partial charge in [0, 0.05) is 0 Å². The summed E-state index contributed by atoms with van der Waals surface area (Å²) in [6.07, 6.45) is 4.09. The van der Waals surface area contributed by atoms with Gasteiger partial charge in [0.05, 0.1) is 0 Å². The molecule has 0 spiro atoms. The van der Waals surface area contributed by atoms with Gasteiger partial charge in [-0.3, -0.25) is 0 Å². The number of hydrogen-bond acceptors (Lipinski definition) is 1. The van der Waals surface area contributed by atoms with Crippen LogP contribution in [-0.4, -0.2) is 13.1 Å². The van der Waals surface area contributed by atoms with E-state index in [0.29, 0.717) is 5.41 Å². The Kier molecular flexibility index (Phi) is 3.78. The van der Waals surface area contributed by atoms with Crippen LogP contribution in [0.15, 0.2) is 0 Å². The molecule has 1 saturated heterocycles. The lowest BCUT2D eigenvalue weighted by Crippen LogP contribution is -2.43. The minimum absolute atomic E-state index is 0.605. The number of hydrogen-bond donors (Lipinski definition) is 1. The quantitative estimate of drug-likeness (QED) is 0.709. The molecule has 2 atom stereocenters. The van der Waals surface area contributed by atoms with E-state index in [0.717, 1.165) is 11.8 Å². The first-order valence-electron chi connectivity index (χ1n) is 5.79. The number of rotatable bonds is 3. The van der Waals surface area contributed by atoms with Crippen molar-refractivity contribution < 1.29 is 0 Å². The van der Waals surface area contributed by atoms with Crippen molar-refractivity contribution in [3.8, 4) is 0 Å². The third kappa shape index (κ3) is 2.70. The first-order valence-corrected chi connectivity index (χ1v) is 5.79. The van der Waals surface area contributed by atoms with Gasteiger partial charge in [-0.05, 0) is 43.2 Å². The van der Waals surface area contributed by atoms with Crippen LogP contribution in [0.4, 0.5) is 0 Å². The summed E-state index contributed by atoms with van der Waals surface area (Å²) in [5, 5.41) is 3.51. The van der Waals surface area contributed by atoms with Gasteiger partial charge in [-0.2, -0.15) is 0 Å². The molecule has 1 heterocycles. The zero-order valence-electron chi connectivity index (χ0n) is 9.69. The summed E-state index contributed by atoms with van der Waals surface area (Å²) in [5.74, 6) is 1.74. The Bertz CT molecular complexity index is 153. The molecular weight excluding hydrogens is 158 g/mol. The molecule has 0 bridgehead atoms. The van der Waals surface area contributed by atoms with Crippen molar-refractivity contribution in [3.05, 3.63) is 0 Å². The molecule has 1 aliphatic heterocycles. The zero-order chi connectivity index (χ0) is 9.90. The summed E-state index contributed by atoms with van der Waals surface area (Å²) < 4.78 is 0. The molecule has 0 amide bonds. The molecule has 0 aromatic carbocycles. The molecule has 1 N–H and O–H groups in total. The summed E-state index contributed by atoms with van der Waals surface area (Å²) in [5.41, 5.74) is 0.605. The fourth-order valence-electron chi connectivity index (χ4n) is 2.94. The van der Waals surface area contributed by atoms with Crippen LogP contribution >= 0.6 is 0 Å². The SMILES string of the molecule is CCC1CNCCC1(C)CC(C)C. The monoisotopic (exact) mass is 183 g/mol. The smallest absolute Gasteiger partial charge is 0.00154 e.